The number of carbonyl (C=O) groups is 1. The monoisotopic (exact) mass is 386 g/mol. The zero-order valence-electron chi connectivity index (χ0n) is 17.1. The lowest BCUT2D eigenvalue weighted by Gasteiger charge is -2.06. The SMILES string of the molecule is COc1ccc(C#CC(=O)NCCCCNC(N)=NCC=C(C)C)cc1OC. The highest BCUT2D eigenvalue weighted by atomic mass is 16.5. The number of unbranched alkanes of at least 4 members (excludes halogenated alkanes) is 1. The first-order chi connectivity index (χ1) is 13.5. The van der Waals surface area contributed by atoms with Gasteiger partial charge in [0.1, 0.15) is 0 Å². The van der Waals surface area contributed by atoms with Crippen molar-refractivity contribution in [1.82, 2.24) is 10.6 Å². The van der Waals surface area contributed by atoms with Crippen molar-refractivity contribution in [2.24, 2.45) is 10.7 Å². The average Bonchev–Trinajstić information content (AvgIpc) is 2.68. The number of allylic oxidation sites excluding steroid dienone is 1. The molecule has 1 amide bonds. The topological polar surface area (TPSA) is 98.0 Å². The van der Waals surface area contributed by atoms with Crippen molar-refractivity contribution in [3.63, 3.8) is 0 Å². The molecule has 28 heavy (non-hydrogen) atoms. The largest absolute Gasteiger partial charge is 0.493 e. The van der Waals surface area contributed by atoms with Crippen LogP contribution in [0.3, 0.4) is 0 Å². The van der Waals surface area contributed by atoms with E-state index in [-0.39, 0.29) is 5.91 Å². The van der Waals surface area contributed by atoms with E-state index < -0.39 is 0 Å². The molecule has 0 aliphatic rings. The Bertz CT molecular complexity index is 757. The van der Waals surface area contributed by atoms with Crippen LogP contribution in [0.5, 0.6) is 11.5 Å². The first-order valence-electron chi connectivity index (χ1n) is 9.15. The van der Waals surface area contributed by atoms with Crippen LogP contribution in [-0.2, 0) is 4.79 Å². The van der Waals surface area contributed by atoms with E-state index in [1.807, 2.05) is 19.9 Å². The van der Waals surface area contributed by atoms with Gasteiger partial charge >= 0.3 is 0 Å². The van der Waals surface area contributed by atoms with Crippen LogP contribution in [0.4, 0.5) is 0 Å². The first kappa shape index (κ1) is 22.9. The van der Waals surface area contributed by atoms with Gasteiger partial charge in [0.25, 0.3) is 5.91 Å². The third-order valence-electron chi connectivity index (χ3n) is 3.66. The minimum atomic E-state index is -0.314. The van der Waals surface area contributed by atoms with Gasteiger partial charge in [0.05, 0.1) is 20.8 Å². The number of nitrogens with two attached hydrogens (primary N) is 1. The Labute approximate surface area is 167 Å². The Morgan fingerprint density at radius 3 is 2.46 bits per heavy atom. The Hall–Kier alpha value is -3.14. The van der Waals surface area contributed by atoms with Crippen LogP contribution in [0.15, 0.2) is 34.8 Å². The van der Waals surface area contributed by atoms with Gasteiger partial charge in [0.2, 0.25) is 0 Å². The normalized spacial score (nSPS) is 10.4. The van der Waals surface area contributed by atoms with Gasteiger partial charge in [-0.1, -0.05) is 17.6 Å². The molecule has 0 aliphatic carbocycles. The number of benzene rings is 1. The number of ether oxygens (including phenoxy) is 2. The van der Waals surface area contributed by atoms with Crippen LogP contribution in [0.25, 0.3) is 0 Å². The standard InChI is InChI=1S/C21H30N4O3/c1-16(2)11-14-25-21(22)24-13-6-5-12-23-20(26)10-8-17-7-9-18(27-3)19(15-17)28-4/h7,9,11,15H,5-6,12-14H2,1-4H3,(H,23,26)(H3,22,24,25). The summed E-state index contributed by atoms with van der Waals surface area (Å²) in [4.78, 5) is 16.0. The molecule has 0 aromatic heterocycles. The highest BCUT2D eigenvalue weighted by Gasteiger charge is 2.03. The molecule has 7 nitrogen and oxygen atoms in total. The summed E-state index contributed by atoms with van der Waals surface area (Å²) in [5, 5.41) is 5.82. The summed E-state index contributed by atoms with van der Waals surface area (Å²) in [7, 11) is 3.12. The van der Waals surface area contributed by atoms with Gasteiger partial charge in [-0.25, -0.2) is 4.99 Å². The van der Waals surface area contributed by atoms with Crippen LogP contribution in [-0.4, -0.2) is 45.7 Å². The van der Waals surface area contributed by atoms with Crippen molar-refractivity contribution < 1.29 is 14.3 Å². The molecule has 0 saturated heterocycles. The average molecular weight is 386 g/mol. The zero-order valence-corrected chi connectivity index (χ0v) is 17.1. The van der Waals surface area contributed by atoms with Crippen LogP contribution in [0.1, 0.15) is 32.3 Å². The predicted octanol–water partition coefficient (Wildman–Crippen LogP) is 1.82. The fourth-order valence-electron chi connectivity index (χ4n) is 2.14. The molecule has 1 aromatic rings. The molecule has 7 heteroatoms. The number of amides is 1. The molecule has 0 bridgehead atoms. The van der Waals surface area contributed by atoms with Gasteiger partial charge in [0.15, 0.2) is 17.5 Å². The van der Waals surface area contributed by atoms with E-state index in [9.17, 15) is 4.79 Å². The van der Waals surface area contributed by atoms with Crippen LogP contribution in [0, 0.1) is 11.8 Å². The molecule has 1 rings (SSSR count). The summed E-state index contributed by atoms with van der Waals surface area (Å²) in [5.41, 5.74) is 7.65. The maximum Gasteiger partial charge on any atom is 0.296 e. The number of rotatable bonds is 9. The third kappa shape index (κ3) is 9.53. The molecule has 152 valence electrons. The minimum Gasteiger partial charge on any atom is -0.493 e. The molecule has 0 heterocycles. The van der Waals surface area contributed by atoms with Crippen molar-refractivity contribution in [3.05, 3.63) is 35.4 Å². The molecule has 0 radical (unpaired) electrons. The molecule has 0 atom stereocenters. The summed E-state index contributed by atoms with van der Waals surface area (Å²) in [6.07, 6.45) is 3.69. The minimum absolute atomic E-state index is 0.314. The molecule has 0 unspecified atom stereocenters. The van der Waals surface area contributed by atoms with Crippen molar-refractivity contribution in [1.29, 1.82) is 0 Å². The molecule has 0 spiro atoms. The van der Waals surface area contributed by atoms with E-state index in [4.69, 9.17) is 15.2 Å². The zero-order chi connectivity index (χ0) is 20.8. The second-order valence-electron chi connectivity index (χ2n) is 6.22. The van der Waals surface area contributed by atoms with Crippen LogP contribution in [0.2, 0.25) is 0 Å². The Balaban J connectivity index is 2.28. The highest BCUT2D eigenvalue weighted by molar-refractivity contribution is 5.94. The lowest BCUT2D eigenvalue weighted by atomic mass is 10.2. The number of hydrogen-bond acceptors (Lipinski definition) is 4. The van der Waals surface area contributed by atoms with Gasteiger partial charge in [-0.2, -0.15) is 0 Å². The Morgan fingerprint density at radius 2 is 1.82 bits per heavy atom. The lowest BCUT2D eigenvalue weighted by molar-refractivity contribution is -0.115. The molecule has 0 aliphatic heterocycles. The van der Waals surface area contributed by atoms with Crippen LogP contribution < -0.4 is 25.8 Å². The van der Waals surface area contributed by atoms with Gasteiger partial charge in [-0.15, -0.1) is 0 Å². The van der Waals surface area contributed by atoms with E-state index >= 15 is 0 Å². The Morgan fingerprint density at radius 1 is 1.14 bits per heavy atom. The number of hydrogen-bond donors (Lipinski definition) is 3. The highest BCUT2D eigenvalue weighted by Crippen LogP contribution is 2.27. The van der Waals surface area contributed by atoms with Gasteiger partial charge < -0.3 is 25.8 Å². The number of nitrogens with zero attached hydrogens (tertiary/aromatic N) is 1. The first-order valence-corrected chi connectivity index (χ1v) is 9.15. The summed E-state index contributed by atoms with van der Waals surface area (Å²) < 4.78 is 10.4. The third-order valence-corrected chi connectivity index (χ3v) is 3.66. The fraction of sp³-hybridized carbons (Fsp3) is 0.429. The van der Waals surface area contributed by atoms with Gasteiger partial charge in [-0.05, 0) is 44.9 Å². The van der Waals surface area contributed by atoms with Crippen molar-refractivity contribution in [2.75, 3.05) is 33.9 Å². The summed E-state index contributed by atoms with van der Waals surface area (Å²) >= 11 is 0. The fourth-order valence-corrected chi connectivity index (χ4v) is 2.14. The summed E-state index contributed by atoms with van der Waals surface area (Å²) in [5.74, 6) is 6.70. The molecular weight excluding hydrogens is 356 g/mol. The summed E-state index contributed by atoms with van der Waals surface area (Å²) in [6.45, 7) is 5.88. The van der Waals surface area contributed by atoms with E-state index in [2.05, 4.69) is 27.5 Å². The van der Waals surface area contributed by atoms with E-state index in [1.165, 1.54) is 5.57 Å². The predicted molar refractivity (Wildman–Crippen MR) is 113 cm³/mol. The van der Waals surface area contributed by atoms with Crippen LogP contribution >= 0.6 is 0 Å². The number of aliphatic imine (C=N–C) groups is 1. The maximum atomic E-state index is 11.8. The number of carbonyl (C=O) groups excluding carboxylic acids is 1. The van der Waals surface area contributed by atoms with Crippen molar-refractivity contribution >= 4 is 11.9 Å². The number of guanidine groups is 1. The Kier molecular flexibility index (Phi) is 10.7. The smallest absolute Gasteiger partial charge is 0.296 e. The van der Waals surface area contributed by atoms with Gasteiger partial charge in [0, 0.05) is 24.6 Å². The van der Waals surface area contributed by atoms with E-state index in [0.29, 0.717) is 42.7 Å². The second kappa shape index (κ2) is 13.1. The second-order valence-corrected chi connectivity index (χ2v) is 6.22. The molecule has 0 fully saturated rings. The number of nitrogens with one attached hydrogen (secondary N) is 2. The van der Waals surface area contributed by atoms with E-state index in [0.717, 1.165) is 12.8 Å². The van der Waals surface area contributed by atoms with Crippen molar-refractivity contribution in [2.45, 2.75) is 26.7 Å². The molecule has 0 saturated carbocycles. The quantitative estimate of drug-likeness (QED) is 0.198. The van der Waals surface area contributed by atoms with Crippen molar-refractivity contribution in [3.8, 4) is 23.3 Å². The number of methoxy groups -OCH3 is 2. The van der Waals surface area contributed by atoms with E-state index in [1.54, 1.807) is 32.4 Å². The molecule has 4 N–H and O–H groups in total. The molecular formula is C21H30N4O3. The molecule has 1 aromatic carbocycles. The summed E-state index contributed by atoms with van der Waals surface area (Å²) in [6, 6.07) is 5.26. The maximum absolute atomic E-state index is 11.8. The van der Waals surface area contributed by atoms with Gasteiger partial charge in [-0.3, -0.25) is 4.79 Å². The lowest BCUT2D eigenvalue weighted by Crippen LogP contribution is -2.33.